The molecule has 0 bridgehead atoms. The Bertz CT molecular complexity index is 337. The van der Waals surface area contributed by atoms with Crippen molar-refractivity contribution in [3.63, 3.8) is 0 Å². The van der Waals surface area contributed by atoms with Crippen LogP contribution < -0.4 is 10.6 Å². The van der Waals surface area contributed by atoms with Gasteiger partial charge in [-0.25, -0.2) is 4.98 Å². The number of thiazole rings is 1. The molecule has 4 nitrogen and oxygen atoms in total. The van der Waals surface area contributed by atoms with Crippen LogP contribution in [0, 0.1) is 6.92 Å². The molecule has 0 saturated carbocycles. The third kappa shape index (κ3) is 4.65. The lowest BCUT2D eigenvalue weighted by atomic mass is 10.2. The van der Waals surface area contributed by atoms with E-state index in [0.29, 0.717) is 5.92 Å². The SMILES string of the molecule is CN=C(NC)NCC(C)c1nc(C)cs1.I. The van der Waals surface area contributed by atoms with Crippen molar-refractivity contribution in [3.05, 3.63) is 16.1 Å². The number of halogens is 1. The first-order valence-corrected chi connectivity index (χ1v) is 5.85. The van der Waals surface area contributed by atoms with E-state index < -0.39 is 0 Å². The van der Waals surface area contributed by atoms with Crippen molar-refractivity contribution < 1.29 is 0 Å². The zero-order valence-electron chi connectivity index (χ0n) is 10.1. The molecule has 1 atom stereocenters. The molecular formula is C10H19IN4S. The number of guanidine groups is 1. The summed E-state index contributed by atoms with van der Waals surface area (Å²) in [5.41, 5.74) is 1.10. The largest absolute Gasteiger partial charge is 0.359 e. The average molecular weight is 354 g/mol. The average Bonchev–Trinajstić information content (AvgIpc) is 2.66. The second-order valence-corrected chi connectivity index (χ2v) is 4.32. The van der Waals surface area contributed by atoms with E-state index in [2.05, 4.69) is 32.9 Å². The molecule has 0 aliphatic heterocycles. The van der Waals surface area contributed by atoms with Crippen molar-refractivity contribution in [2.45, 2.75) is 19.8 Å². The molecule has 1 aromatic heterocycles. The predicted molar refractivity (Wildman–Crippen MR) is 81.1 cm³/mol. The molecule has 0 aliphatic rings. The number of aromatic nitrogens is 1. The van der Waals surface area contributed by atoms with Crippen LogP contribution in [0.15, 0.2) is 10.4 Å². The van der Waals surface area contributed by atoms with Crippen molar-refractivity contribution in [3.8, 4) is 0 Å². The Labute approximate surface area is 118 Å². The van der Waals surface area contributed by atoms with Gasteiger partial charge in [-0.15, -0.1) is 35.3 Å². The fourth-order valence-corrected chi connectivity index (χ4v) is 2.07. The molecule has 0 fully saturated rings. The molecule has 1 heterocycles. The van der Waals surface area contributed by atoms with Crippen LogP contribution in [0.5, 0.6) is 0 Å². The summed E-state index contributed by atoms with van der Waals surface area (Å²) in [6.07, 6.45) is 0. The first-order valence-electron chi connectivity index (χ1n) is 4.97. The summed E-state index contributed by atoms with van der Waals surface area (Å²) < 4.78 is 0. The number of hydrogen-bond donors (Lipinski definition) is 2. The molecule has 0 spiro atoms. The molecule has 6 heteroatoms. The molecule has 0 aliphatic carbocycles. The predicted octanol–water partition coefficient (Wildman–Crippen LogP) is 1.97. The maximum absolute atomic E-state index is 4.46. The minimum atomic E-state index is 0. The summed E-state index contributed by atoms with van der Waals surface area (Å²) >= 11 is 1.71. The first kappa shape index (κ1) is 15.6. The van der Waals surface area contributed by atoms with Gasteiger partial charge in [0.1, 0.15) is 0 Å². The van der Waals surface area contributed by atoms with Crippen molar-refractivity contribution in [2.24, 2.45) is 4.99 Å². The third-order valence-corrected chi connectivity index (χ3v) is 3.29. The molecule has 92 valence electrons. The summed E-state index contributed by atoms with van der Waals surface area (Å²) in [4.78, 5) is 8.51. The number of nitrogens with one attached hydrogen (secondary N) is 2. The normalized spacial score (nSPS) is 12.9. The van der Waals surface area contributed by atoms with Gasteiger partial charge in [-0.05, 0) is 6.92 Å². The van der Waals surface area contributed by atoms with Crippen LogP contribution in [0.25, 0.3) is 0 Å². The third-order valence-electron chi connectivity index (χ3n) is 2.09. The van der Waals surface area contributed by atoms with E-state index in [1.807, 2.05) is 14.0 Å². The van der Waals surface area contributed by atoms with Crippen LogP contribution in [0.2, 0.25) is 0 Å². The van der Waals surface area contributed by atoms with Crippen LogP contribution in [0.4, 0.5) is 0 Å². The second-order valence-electron chi connectivity index (χ2n) is 3.43. The van der Waals surface area contributed by atoms with Crippen molar-refractivity contribution in [2.75, 3.05) is 20.6 Å². The Kier molecular flexibility index (Phi) is 7.65. The minimum absolute atomic E-state index is 0. The lowest BCUT2D eigenvalue weighted by molar-refractivity contribution is 0.702. The Morgan fingerprint density at radius 3 is 2.75 bits per heavy atom. The van der Waals surface area contributed by atoms with E-state index >= 15 is 0 Å². The van der Waals surface area contributed by atoms with Gasteiger partial charge in [0.15, 0.2) is 5.96 Å². The van der Waals surface area contributed by atoms with Gasteiger partial charge in [0.2, 0.25) is 0 Å². The van der Waals surface area contributed by atoms with E-state index in [1.165, 1.54) is 5.01 Å². The van der Waals surface area contributed by atoms with E-state index in [4.69, 9.17) is 0 Å². The van der Waals surface area contributed by atoms with Gasteiger partial charge in [0, 0.05) is 37.6 Å². The molecule has 0 saturated heterocycles. The Balaban J connectivity index is 0.00000225. The van der Waals surface area contributed by atoms with Gasteiger partial charge in [-0.3, -0.25) is 4.99 Å². The fraction of sp³-hybridized carbons (Fsp3) is 0.600. The minimum Gasteiger partial charge on any atom is -0.359 e. The smallest absolute Gasteiger partial charge is 0.190 e. The number of aryl methyl sites for hydroxylation is 1. The highest BCUT2D eigenvalue weighted by molar-refractivity contribution is 14.0. The number of nitrogens with zero attached hydrogens (tertiary/aromatic N) is 2. The summed E-state index contributed by atoms with van der Waals surface area (Å²) in [5.74, 6) is 1.23. The van der Waals surface area contributed by atoms with Crippen molar-refractivity contribution >= 4 is 41.3 Å². The summed E-state index contributed by atoms with van der Waals surface area (Å²) in [7, 11) is 3.62. The molecule has 0 radical (unpaired) electrons. The fourth-order valence-electron chi connectivity index (χ4n) is 1.21. The van der Waals surface area contributed by atoms with E-state index in [-0.39, 0.29) is 24.0 Å². The van der Waals surface area contributed by atoms with Gasteiger partial charge in [-0.1, -0.05) is 6.92 Å². The molecule has 1 unspecified atom stereocenters. The van der Waals surface area contributed by atoms with Gasteiger partial charge < -0.3 is 10.6 Å². The van der Waals surface area contributed by atoms with Gasteiger partial charge in [0.25, 0.3) is 0 Å². The van der Waals surface area contributed by atoms with Crippen LogP contribution in [0.1, 0.15) is 23.5 Å². The van der Waals surface area contributed by atoms with Crippen LogP contribution in [-0.2, 0) is 0 Å². The zero-order valence-corrected chi connectivity index (χ0v) is 13.2. The lowest BCUT2D eigenvalue weighted by Crippen LogP contribution is -2.36. The number of aliphatic imine (C=N–C) groups is 1. The molecule has 1 rings (SSSR count). The lowest BCUT2D eigenvalue weighted by Gasteiger charge is -2.12. The highest BCUT2D eigenvalue weighted by Gasteiger charge is 2.09. The molecule has 0 aromatic carbocycles. The van der Waals surface area contributed by atoms with Crippen LogP contribution >= 0.6 is 35.3 Å². The van der Waals surface area contributed by atoms with Gasteiger partial charge >= 0.3 is 0 Å². The number of rotatable bonds is 3. The zero-order chi connectivity index (χ0) is 11.3. The Morgan fingerprint density at radius 2 is 2.31 bits per heavy atom. The van der Waals surface area contributed by atoms with Crippen LogP contribution in [0.3, 0.4) is 0 Å². The van der Waals surface area contributed by atoms with E-state index in [0.717, 1.165) is 18.2 Å². The van der Waals surface area contributed by atoms with Crippen molar-refractivity contribution in [1.82, 2.24) is 15.6 Å². The Morgan fingerprint density at radius 1 is 1.62 bits per heavy atom. The second kappa shape index (κ2) is 7.83. The molecule has 1 aromatic rings. The maximum Gasteiger partial charge on any atom is 0.190 e. The molecule has 0 amide bonds. The molecule has 2 N–H and O–H groups in total. The standard InChI is InChI=1S/C10H18N4S.HI/c1-7(5-13-10(11-3)12-4)9-14-8(2)6-15-9;/h6-7H,5H2,1-4H3,(H2,11,12,13);1H. The Hall–Kier alpha value is -0.370. The van der Waals surface area contributed by atoms with Crippen LogP contribution in [-0.4, -0.2) is 31.6 Å². The highest BCUT2D eigenvalue weighted by Crippen LogP contribution is 2.18. The first-order chi connectivity index (χ1) is 7.17. The topological polar surface area (TPSA) is 49.3 Å². The number of hydrogen-bond acceptors (Lipinski definition) is 3. The quantitative estimate of drug-likeness (QED) is 0.496. The summed E-state index contributed by atoms with van der Waals surface area (Å²) in [6.45, 7) is 5.03. The molecular weight excluding hydrogens is 335 g/mol. The van der Waals surface area contributed by atoms with E-state index in [9.17, 15) is 0 Å². The molecule has 16 heavy (non-hydrogen) atoms. The van der Waals surface area contributed by atoms with Gasteiger partial charge in [-0.2, -0.15) is 0 Å². The summed E-state index contributed by atoms with van der Waals surface area (Å²) in [6, 6.07) is 0. The highest BCUT2D eigenvalue weighted by atomic mass is 127. The maximum atomic E-state index is 4.46. The van der Waals surface area contributed by atoms with Crippen molar-refractivity contribution in [1.29, 1.82) is 0 Å². The van der Waals surface area contributed by atoms with E-state index in [1.54, 1.807) is 18.4 Å². The van der Waals surface area contributed by atoms with Gasteiger partial charge in [0.05, 0.1) is 5.01 Å². The monoisotopic (exact) mass is 354 g/mol. The summed E-state index contributed by atoms with van der Waals surface area (Å²) in [5, 5.41) is 9.47.